The van der Waals surface area contributed by atoms with E-state index < -0.39 is 0 Å². The monoisotopic (exact) mass is 219 g/mol. The zero-order valence-electron chi connectivity index (χ0n) is 9.72. The Labute approximate surface area is 95.1 Å². The Bertz CT molecular complexity index is 443. The Morgan fingerprint density at radius 1 is 1.38 bits per heavy atom. The molecule has 2 aromatic rings. The molecule has 0 unspecified atom stereocenters. The molecule has 2 heterocycles. The molecule has 86 valence electrons. The molecule has 0 radical (unpaired) electrons. The number of rotatable bonds is 5. The van der Waals surface area contributed by atoms with Crippen LogP contribution in [0, 0.1) is 0 Å². The fourth-order valence-corrected chi connectivity index (χ4v) is 1.55. The third kappa shape index (κ3) is 2.24. The molecule has 0 atom stereocenters. The van der Waals surface area contributed by atoms with Crippen LogP contribution in [0.5, 0.6) is 0 Å². The van der Waals surface area contributed by atoms with Crippen LogP contribution in [0.4, 0.5) is 11.8 Å². The van der Waals surface area contributed by atoms with Crippen molar-refractivity contribution in [3.8, 4) is 0 Å². The quantitative estimate of drug-likeness (QED) is 0.838. The highest BCUT2D eigenvalue weighted by atomic mass is 15.3. The van der Waals surface area contributed by atoms with Crippen molar-refractivity contribution in [1.82, 2.24) is 19.3 Å². The number of nitrogens with one attached hydrogen (secondary N) is 1. The van der Waals surface area contributed by atoms with Crippen molar-refractivity contribution in [2.45, 2.75) is 26.3 Å². The van der Waals surface area contributed by atoms with E-state index in [0.717, 1.165) is 24.7 Å². The Morgan fingerprint density at radius 2 is 2.25 bits per heavy atom. The number of imidazole rings is 1. The molecular formula is C11H17N5. The summed E-state index contributed by atoms with van der Waals surface area (Å²) in [5, 5.41) is 7.37. The van der Waals surface area contributed by atoms with Crippen LogP contribution >= 0.6 is 0 Å². The average molecular weight is 219 g/mol. The van der Waals surface area contributed by atoms with Gasteiger partial charge in [0.1, 0.15) is 5.82 Å². The van der Waals surface area contributed by atoms with Crippen molar-refractivity contribution in [3.63, 3.8) is 0 Å². The van der Waals surface area contributed by atoms with Gasteiger partial charge in [0, 0.05) is 32.1 Å². The van der Waals surface area contributed by atoms with E-state index in [0.29, 0.717) is 0 Å². The van der Waals surface area contributed by atoms with E-state index in [4.69, 9.17) is 0 Å². The van der Waals surface area contributed by atoms with Crippen LogP contribution in [0.25, 0.3) is 0 Å². The molecule has 0 amide bonds. The molecule has 0 aromatic carbocycles. The third-order valence-corrected chi connectivity index (χ3v) is 2.53. The molecule has 5 heteroatoms. The molecule has 5 nitrogen and oxygen atoms in total. The first-order valence-electron chi connectivity index (χ1n) is 5.57. The molecule has 2 aromatic heterocycles. The maximum atomic E-state index is 4.30. The van der Waals surface area contributed by atoms with Crippen molar-refractivity contribution in [3.05, 3.63) is 24.7 Å². The highest BCUT2D eigenvalue weighted by Gasteiger charge is 2.04. The van der Waals surface area contributed by atoms with Crippen LogP contribution in [-0.2, 0) is 13.6 Å². The van der Waals surface area contributed by atoms with Gasteiger partial charge in [-0.2, -0.15) is 5.10 Å². The number of hydrogen-bond donors (Lipinski definition) is 1. The number of aromatic nitrogens is 4. The molecule has 2 rings (SSSR count). The summed E-state index contributed by atoms with van der Waals surface area (Å²) in [5.74, 6) is 1.82. The maximum absolute atomic E-state index is 4.30. The Hall–Kier alpha value is -1.78. The molecule has 0 saturated heterocycles. The van der Waals surface area contributed by atoms with Crippen LogP contribution in [0.3, 0.4) is 0 Å². The van der Waals surface area contributed by atoms with Crippen molar-refractivity contribution < 1.29 is 0 Å². The minimum Gasteiger partial charge on any atom is -0.317 e. The minimum absolute atomic E-state index is 0.872. The van der Waals surface area contributed by atoms with Crippen LogP contribution in [0.15, 0.2) is 24.7 Å². The topological polar surface area (TPSA) is 47.7 Å². The normalized spacial score (nSPS) is 10.6. The number of unbranched alkanes of at least 4 members (excludes halogenated alkanes) is 1. The van der Waals surface area contributed by atoms with Gasteiger partial charge in [-0.15, -0.1) is 0 Å². The SMILES string of the molecule is CCCCn1ccnc1Nc1ccnn1C. The van der Waals surface area contributed by atoms with E-state index in [2.05, 4.69) is 26.9 Å². The Morgan fingerprint density at radius 3 is 2.94 bits per heavy atom. The van der Waals surface area contributed by atoms with Crippen molar-refractivity contribution in [2.75, 3.05) is 5.32 Å². The Kier molecular flexibility index (Phi) is 3.24. The summed E-state index contributed by atoms with van der Waals surface area (Å²) in [6.07, 6.45) is 7.92. The predicted molar refractivity (Wildman–Crippen MR) is 63.6 cm³/mol. The molecular weight excluding hydrogens is 202 g/mol. The van der Waals surface area contributed by atoms with Crippen LogP contribution < -0.4 is 5.32 Å². The Balaban J connectivity index is 2.09. The second-order valence-electron chi connectivity index (χ2n) is 3.76. The summed E-state index contributed by atoms with van der Waals surface area (Å²) in [7, 11) is 1.90. The zero-order chi connectivity index (χ0) is 11.4. The van der Waals surface area contributed by atoms with Gasteiger partial charge in [0.2, 0.25) is 5.95 Å². The van der Waals surface area contributed by atoms with Crippen molar-refractivity contribution >= 4 is 11.8 Å². The summed E-state index contributed by atoms with van der Waals surface area (Å²) < 4.78 is 3.91. The summed E-state index contributed by atoms with van der Waals surface area (Å²) in [5.41, 5.74) is 0. The summed E-state index contributed by atoms with van der Waals surface area (Å²) in [4.78, 5) is 4.30. The van der Waals surface area contributed by atoms with E-state index in [9.17, 15) is 0 Å². The van der Waals surface area contributed by atoms with Gasteiger partial charge in [-0.3, -0.25) is 4.68 Å². The molecule has 1 N–H and O–H groups in total. The largest absolute Gasteiger partial charge is 0.317 e. The first-order chi connectivity index (χ1) is 7.81. The van der Waals surface area contributed by atoms with Gasteiger partial charge in [-0.25, -0.2) is 4.98 Å². The summed E-state index contributed by atoms with van der Waals surface area (Å²) >= 11 is 0. The molecule has 0 fully saturated rings. The number of hydrogen-bond acceptors (Lipinski definition) is 3. The smallest absolute Gasteiger partial charge is 0.208 e. The summed E-state index contributed by atoms with van der Waals surface area (Å²) in [6.45, 7) is 3.18. The van der Waals surface area contributed by atoms with Gasteiger partial charge in [0.15, 0.2) is 0 Å². The van der Waals surface area contributed by atoms with Crippen LogP contribution in [-0.4, -0.2) is 19.3 Å². The highest BCUT2D eigenvalue weighted by Crippen LogP contribution is 2.13. The number of nitrogens with zero attached hydrogens (tertiary/aromatic N) is 4. The lowest BCUT2D eigenvalue weighted by Crippen LogP contribution is -2.06. The zero-order valence-corrected chi connectivity index (χ0v) is 9.72. The van der Waals surface area contributed by atoms with Crippen molar-refractivity contribution in [1.29, 1.82) is 0 Å². The minimum atomic E-state index is 0.872. The first kappa shape index (κ1) is 10.7. The maximum Gasteiger partial charge on any atom is 0.208 e. The molecule has 0 spiro atoms. The highest BCUT2D eigenvalue weighted by molar-refractivity contribution is 5.47. The molecule has 0 aliphatic carbocycles. The lowest BCUT2D eigenvalue weighted by atomic mass is 10.3. The molecule has 0 bridgehead atoms. The van der Waals surface area contributed by atoms with Gasteiger partial charge in [0.25, 0.3) is 0 Å². The average Bonchev–Trinajstić information content (AvgIpc) is 2.87. The van der Waals surface area contributed by atoms with E-state index in [1.54, 1.807) is 10.9 Å². The fraction of sp³-hybridized carbons (Fsp3) is 0.455. The number of aryl methyl sites for hydroxylation is 2. The molecule has 0 aliphatic rings. The van der Waals surface area contributed by atoms with Gasteiger partial charge in [0.05, 0.1) is 6.20 Å². The van der Waals surface area contributed by atoms with Gasteiger partial charge in [-0.05, 0) is 6.42 Å². The van der Waals surface area contributed by atoms with Crippen molar-refractivity contribution in [2.24, 2.45) is 7.05 Å². The van der Waals surface area contributed by atoms with Crippen LogP contribution in [0.1, 0.15) is 19.8 Å². The molecule has 0 saturated carbocycles. The molecule has 16 heavy (non-hydrogen) atoms. The number of anilines is 2. The third-order valence-electron chi connectivity index (χ3n) is 2.53. The van der Waals surface area contributed by atoms with Gasteiger partial charge >= 0.3 is 0 Å². The standard InChI is InChI=1S/C11H17N5/c1-3-4-8-16-9-7-12-11(16)14-10-5-6-13-15(10)2/h5-7,9H,3-4,8H2,1-2H3,(H,12,14). The van der Waals surface area contributed by atoms with E-state index in [1.807, 2.05) is 25.5 Å². The van der Waals surface area contributed by atoms with Gasteiger partial charge in [-0.1, -0.05) is 13.3 Å². The lowest BCUT2D eigenvalue weighted by Gasteiger charge is -2.09. The lowest BCUT2D eigenvalue weighted by molar-refractivity contribution is 0.636. The predicted octanol–water partition coefficient (Wildman–Crippen LogP) is 2.16. The first-order valence-corrected chi connectivity index (χ1v) is 5.57. The van der Waals surface area contributed by atoms with Crippen LogP contribution in [0.2, 0.25) is 0 Å². The molecule has 0 aliphatic heterocycles. The second-order valence-corrected chi connectivity index (χ2v) is 3.76. The summed E-state index contributed by atoms with van der Waals surface area (Å²) in [6, 6.07) is 1.93. The van der Waals surface area contributed by atoms with E-state index >= 15 is 0 Å². The van der Waals surface area contributed by atoms with Gasteiger partial charge < -0.3 is 9.88 Å². The van der Waals surface area contributed by atoms with E-state index in [-0.39, 0.29) is 0 Å². The fourth-order valence-electron chi connectivity index (χ4n) is 1.55. The second kappa shape index (κ2) is 4.83. The van der Waals surface area contributed by atoms with E-state index in [1.165, 1.54) is 6.42 Å².